The largest absolute Gasteiger partial charge is 0.465 e. The molecule has 0 unspecified atom stereocenters. The highest BCUT2D eigenvalue weighted by Gasteiger charge is 2.29. The van der Waals surface area contributed by atoms with E-state index in [2.05, 4.69) is 0 Å². The number of hydrogen-bond acceptors (Lipinski definition) is 2. The third-order valence-electron chi connectivity index (χ3n) is 2.22. The van der Waals surface area contributed by atoms with Gasteiger partial charge in [-0.15, -0.1) is 0 Å². The number of hydrogen-bond donors (Lipinski definition) is 0. The van der Waals surface area contributed by atoms with Crippen LogP contribution < -0.4 is 0 Å². The molecule has 17 heavy (non-hydrogen) atoms. The molecule has 0 aliphatic carbocycles. The molecule has 0 radical (unpaired) electrons. The molecule has 0 atom stereocenters. The van der Waals surface area contributed by atoms with Crippen molar-refractivity contribution in [2.24, 2.45) is 0 Å². The van der Waals surface area contributed by atoms with Crippen LogP contribution in [0.4, 0.5) is 13.2 Å². The number of ether oxygens (including phenoxy) is 1. The molecule has 0 saturated carbocycles. The van der Waals surface area contributed by atoms with Crippen molar-refractivity contribution in [1.82, 2.24) is 0 Å². The molecule has 0 N–H and O–H groups in total. The molecule has 0 spiro atoms. The molecule has 0 aliphatic heterocycles. The van der Waals surface area contributed by atoms with Crippen molar-refractivity contribution in [2.45, 2.75) is 25.9 Å². The zero-order valence-corrected chi connectivity index (χ0v) is 9.38. The number of esters is 1. The highest BCUT2D eigenvalue weighted by atomic mass is 19.4. The second kappa shape index (κ2) is 5.70. The zero-order valence-electron chi connectivity index (χ0n) is 9.38. The maximum absolute atomic E-state index is 12.3. The lowest BCUT2D eigenvalue weighted by Crippen LogP contribution is -2.07. The van der Waals surface area contributed by atoms with Crippen LogP contribution in [0.15, 0.2) is 24.3 Å². The summed E-state index contributed by atoms with van der Waals surface area (Å²) in [6.07, 6.45) is -3.59. The topological polar surface area (TPSA) is 26.3 Å². The lowest BCUT2D eigenvalue weighted by molar-refractivity contribution is -0.143. The smallest absolute Gasteiger partial charge is 0.416 e. The summed E-state index contributed by atoms with van der Waals surface area (Å²) >= 11 is 0. The highest BCUT2D eigenvalue weighted by molar-refractivity contribution is 5.68. The van der Waals surface area contributed by atoms with E-state index >= 15 is 0 Å². The van der Waals surface area contributed by atoms with Gasteiger partial charge in [0.15, 0.2) is 0 Å². The van der Waals surface area contributed by atoms with Crippen molar-refractivity contribution >= 4 is 5.97 Å². The Bertz CT molecular complexity index is 368. The molecule has 0 heterocycles. The monoisotopic (exact) mass is 246 g/mol. The van der Waals surface area contributed by atoms with Gasteiger partial charge in [-0.2, -0.15) is 13.2 Å². The summed E-state index contributed by atoms with van der Waals surface area (Å²) in [5.41, 5.74) is 0.0358. The van der Waals surface area contributed by atoms with E-state index in [0.29, 0.717) is 18.4 Å². The molecule has 1 aromatic carbocycles. The van der Waals surface area contributed by atoms with Crippen LogP contribution in [0.5, 0.6) is 0 Å². The van der Waals surface area contributed by atoms with Gasteiger partial charge in [0.05, 0.1) is 12.2 Å². The minimum absolute atomic E-state index is 0.192. The molecule has 0 aliphatic rings. The third-order valence-corrected chi connectivity index (χ3v) is 2.22. The van der Waals surface area contributed by atoms with Crippen LogP contribution in [-0.2, 0) is 22.1 Å². The van der Waals surface area contributed by atoms with E-state index in [4.69, 9.17) is 4.74 Å². The summed E-state index contributed by atoms with van der Waals surface area (Å²) < 4.78 is 41.6. The fourth-order valence-electron chi connectivity index (χ4n) is 1.25. The Morgan fingerprint density at radius 2 is 1.82 bits per heavy atom. The van der Waals surface area contributed by atoms with Crippen molar-refractivity contribution in [2.75, 3.05) is 6.61 Å². The maximum atomic E-state index is 12.3. The second-order valence-electron chi connectivity index (χ2n) is 3.52. The number of alkyl halides is 3. The molecule has 2 nitrogen and oxygen atoms in total. The van der Waals surface area contributed by atoms with Crippen molar-refractivity contribution in [1.29, 1.82) is 0 Å². The summed E-state index contributed by atoms with van der Waals surface area (Å²) in [6, 6.07) is 4.83. The summed E-state index contributed by atoms with van der Waals surface area (Å²) in [5, 5.41) is 0. The Hall–Kier alpha value is -1.52. The molecule has 5 heteroatoms. The number of carbonyl (C=O) groups is 1. The van der Waals surface area contributed by atoms with Gasteiger partial charge in [-0.05, 0) is 17.7 Å². The van der Waals surface area contributed by atoms with Gasteiger partial charge < -0.3 is 4.74 Å². The van der Waals surface area contributed by atoms with E-state index in [-0.39, 0.29) is 12.6 Å². The fraction of sp³-hybridized carbons (Fsp3) is 0.417. The summed E-state index contributed by atoms with van der Waals surface area (Å²) in [4.78, 5) is 10.8. The summed E-state index contributed by atoms with van der Waals surface area (Å²) in [6.45, 7) is 1.87. The molecule has 0 fully saturated rings. The Morgan fingerprint density at radius 1 is 1.24 bits per heavy atom. The molecule has 0 aromatic heterocycles. The predicted molar refractivity (Wildman–Crippen MR) is 56.4 cm³/mol. The molecule has 1 aromatic rings. The highest BCUT2D eigenvalue weighted by Crippen LogP contribution is 2.29. The van der Waals surface area contributed by atoms with E-state index in [0.717, 1.165) is 12.1 Å². The van der Waals surface area contributed by atoms with Crippen molar-refractivity contribution in [3.8, 4) is 0 Å². The van der Waals surface area contributed by atoms with E-state index < -0.39 is 11.7 Å². The molecule has 1 rings (SSSR count). The number of rotatable bonds is 4. The average Bonchev–Trinajstić information content (AvgIpc) is 2.28. The maximum Gasteiger partial charge on any atom is 0.416 e. The van der Waals surface area contributed by atoms with E-state index in [9.17, 15) is 18.0 Å². The Morgan fingerprint density at radius 3 is 2.29 bits per heavy atom. The van der Waals surface area contributed by atoms with Gasteiger partial charge in [0.1, 0.15) is 0 Å². The van der Waals surface area contributed by atoms with Crippen LogP contribution in [0, 0.1) is 0 Å². The molecule has 0 bridgehead atoms. The Labute approximate surface area is 97.4 Å². The molecular formula is C12H13F3O2. The Kier molecular flexibility index (Phi) is 4.54. The number of benzene rings is 1. The van der Waals surface area contributed by atoms with Gasteiger partial charge >= 0.3 is 12.1 Å². The van der Waals surface area contributed by atoms with Gasteiger partial charge in [-0.1, -0.05) is 19.1 Å². The Balaban J connectivity index is 2.49. The van der Waals surface area contributed by atoms with Crippen molar-refractivity contribution < 1.29 is 22.7 Å². The second-order valence-corrected chi connectivity index (χ2v) is 3.52. The molecule has 0 saturated heterocycles. The first-order valence-electron chi connectivity index (χ1n) is 5.25. The number of halogens is 3. The van der Waals surface area contributed by atoms with Gasteiger partial charge in [-0.25, -0.2) is 0 Å². The summed E-state index contributed by atoms with van der Waals surface area (Å²) in [7, 11) is 0. The summed E-state index contributed by atoms with van der Waals surface area (Å²) in [5.74, 6) is -0.308. The van der Waals surface area contributed by atoms with Crippen molar-refractivity contribution in [3.63, 3.8) is 0 Å². The van der Waals surface area contributed by atoms with Crippen LogP contribution >= 0.6 is 0 Å². The standard InChI is InChI=1S/C12H13F3O2/c1-2-11(16)17-8-7-9-3-5-10(6-4-9)12(13,14)15/h3-6H,2,7-8H2,1H3. The van der Waals surface area contributed by atoms with Gasteiger partial charge in [0.2, 0.25) is 0 Å². The first-order valence-corrected chi connectivity index (χ1v) is 5.25. The predicted octanol–water partition coefficient (Wildman–Crippen LogP) is 3.20. The third kappa shape index (κ3) is 4.46. The minimum atomic E-state index is -4.31. The lowest BCUT2D eigenvalue weighted by Gasteiger charge is -2.07. The fourth-order valence-corrected chi connectivity index (χ4v) is 1.25. The van der Waals surface area contributed by atoms with Crippen LogP contribution in [0.2, 0.25) is 0 Å². The van der Waals surface area contributed by atoms with Gasteiger partial charge in [0.25, 0.3) is 0 Å². The van der Waals surface area contributed by atoms with Crippen molar-refractivity contribution in [3.05, 3.63) is 35.4 Å². The minimum Gasteiger partial charge on any atom is -0.465 e. The molecular weight excluding hydrogens is 233 g/mol. The number of carbonyl (C=O) groups excluding carboxylic acids is 1. The van der Waals surface area contributed by atoms with Crippen LogP contribution in [0.25, 0.3) is 0 Å². The van der Waals surface area contributed by atoms with Crippen LogP contribution in [0.1, 0.15) is 24.5 Å². The first-order chi connectivity index (χ1) is 7.93. The van der Waals surface area contributed by atoms with Gasteiger partial charge in [-0.3, -0.25) is 4.79 Å². The molecule has 0 amide bonds. The van der Waals surface area contributed by atoms with E-state index in [1.54, 1.807) is 6.92 Å². The normalized spacial score (nSPS) is 11.3. The van der Waals surface area contributed by atoms with Crippen LogP contribution in [-0.4, -0.2) is 12.6 Å². The quantitative estimate of drug-likeness (QED) is 0.762. The first kappa shape index (κ1) is 13.5. The van der Waals surface area contributed by atoms with Gasteiger partial charge in [0, 0.05) is 12.8 Å². The van der Waals surface area contributed by atoms with E-state index in [1.807, 2.05) is 0 Å². The average molecular weight is 246 g/mol. The SMILES string of the molecule is CCC(=O)OCCc1ccc(C(F)(F)F)cc1. The zero-order chi connectivity index (χ0) is 12.9. The van der Waals surface area contributed by atoms with Crippen LogP contribution in [0.3, 0.4) is 0 Å². The lowest BCUT2D eigenvalue weighted by atomic mass is 10.1. The molecule has 94 valence electrons. The van der Waals surface area contributed by atoms with E-state index in [1.165, 1.54) is 12.1 Å².